The number of anilines is 1. The molecule has 0 radical (unpaired) electrons. The Bertz CT molecular complexity index is 1080. The van der Waals surface area contributed by atoms with E-state index in [4.69, 9.17) is 4.74 Å². The van der Waals surface area contributed by atoms with Gasteiger partial charge in [-0.15, -0.1) is 0 Å². The molecule has 1 amide bonds. The normalized spacial score (nSPS) is 15.6. The van der Waals surface area contributed by atoms with Crippen molar-refractivity contribution in [3.05, 3.63) is 51.5 Å². The van der Waals surface area contributed by atoms with Crippen molar-refractivity contribution in [1.29, 1.82) is 0 Å². The first-order valence-corrected chi connectivity index (χ1v) is 12.6. The number of nitrogens with zero attached hydrogens (tertiary/aromatic N) is 1. The molecule has 0 bridgehead atoms. The monoisotopic (exact) mass is 508 g/mol. The fourth-order valence-electron chi connectivity index (χ4n) is 3.98. The fraction of sp³-hybridized carbons (Fsp3) is 0.435. The van der Waals surface area contributed by atoms with Gasteiger partial charge in [0.1, 0.15) is 10.6 Å². The highest BCUT2D eigenvalue weighted by molar-refractivity contribution is 9.10. The summed E-state index contributed by atoms with van der Waals surface area (Å²) in [5, 5.41) is 3.09. The van der Waals surface area contributed by atoms with Crippen molar-refractivity contribution in [1.82, 2.24) is 4.31 Å². The molecule has 1 fully saturated rings. The predicted molar refractivity (Wildman–Crippen MR) is 126 cm³/mol. The molecule has 168 valence electrons. The number of benzene rings is 2. The maximum Gasteiger partial charge on any atom is 0.246 e. The minimum Gasteiger partial charge on any atom is -0.495 e. The van der Waals surface area contributed by atoms with E-state index in [1.165, 1.54) is 11.4 Å². The molecule has 8 heteroatoms. The zero-order valence-corrected chi connectivity index (χ0v) is 20.8. The van der Waals surface area contributed by atoms with E-state index in [2.05, 4.69) is 28.2 Å². The van der Waals surface area contributed by atoms with Gasteiger partial charge in [0.25, 0.3) is 0 Å². The number of amides is 1. The standard InChI is InChI=1S/C23H29BrN2O4S/c1-5-17-14-19(24)13-16(3)22(17)25-23(27)18-8-10-26(11-9-18)31(28,29)21-12-15(2)6-7-20(21)30-4/h6-7,12-14,18H,5,8-11H2,1-4H3,(H,25,27). The van der Waals surface area contributed by atoms with Crippen molar-refractivity contribution in [3.63, 3.8) is 0 Å². The number of ether oxygens (including phenoxy) is 1. The maximum absolute atomic E-state index is 13.2. The van der Waals surface area contributed by atoms with Crippen molar-refractivity contribution in [2.45, 2.75) is 44.9 Å². The predicted octanol–water partition coefficient (Wildman–Crippen LogP) is 4.68. The van der Waals surface area contributed by atoms with Gasteiger partial charge in [-0.3, -0.25) is 4.79 Å². The number of nitrogens with one attached hydrogen (secondary N) is 1. The van der Waals surface area contributed by atoms with Crippen LogP contribution in [0.5, 0.6) is 5.75 Å². The van der Waals surface area contributed by atoms with E-state index >= 15 is 0 Å². The summed E-state index contributed by atoms with van der Waals surface area (Å²) in [4.78, 5) is 13.1. The van der Waals surface area contributed by atoms with Gasteiger partial charge in [-0.05, 0) is 74.1 Å². The van der Waals surface area contributed by atoms with Crippen LogP contribution in [0.4, 0.5) is 5.69 Å². The van der Waals surface area contributed by atoms with Crippen molar-refractivity contribution in [2.75, 3.05) is 25.5 Å². The van der Waals surface area contributed by atoms with E-state index in [1.54, 1.807) is 12.1 Å². The molecule has 1 aliphatic heterocycles. The third-order valence-corrected chi connectivity index (χ3v) is 8.15. The van der Waals surface area contributed by atoms with Gasteiger partial charge in [-0.2, -0.15) is 4.31 Å². The van der Waals surface area contributed by atoms with Crippen LogP contribution in [0.3, 0.4) is 0 Å². The van der Waals surface area contributed by atoms with Crippen LogP contribution in [0.2, 0.25) is 0 Å². The molecular weight excluding hydrogens is 480 g/mol. The number of methoxy groups -OCH3 is 1. The highest BCUT2D eigenvalue weighted by Crippen LogP contribution is 2.32. The summed E-state index contributed by atoms with van der Waals surface area (Å²) in [6.07, 6.45) is 1.78. The smallest absolute Gasteiger partial charge is 0.246 e. The zero-order chi connectivity index (χ0) is 22.8. The molecule has 2 aromatic rings. The number of carbonyl (C=O) groups excluding carboxylic acids is 1. The molecular formula is C23H29BrN2O4S. The van der Waals surface area contributed by atoms with E-state index in [0.717, 1.165) is 33.3 Å². The van der Waals surface area contributed by atoms with Gasteiger partial charge in [0.2, 0.25) is 15.9 Å². The summed E-state index contributed by atoms with van der Waals surface area (Å²) in [6.45, 7) is 6.49. The summed E-state index contributed by atoms with van der Waals surface area (Å²) in [5.41, 5.74) is 3.79. The van der Waals surface area contributed by atoms with Gasteiger partial charge < -0.3 is 10.1 Å². The second-order valence-corrected chi connectivity index (χ2v) is 10.8. The number of piperidine rings is 1. The molecule has 0 spiro atoms. The van der Waals surface area contributed by atoms with Gasteiger partial charge in [0.05, 0.1) is 7.11 Å². The third-order valence-electron chi connectivity index (χ3n) is 5.77. The van der Waals surface area contributed by atoms with E-state index in [9.17, 15) is 13.2 Å². The van der Waals surface area contributed by atoms with Crippen LogP contribution in [0.15, 0.2) is 39.7 Å². The molecule has 6 nitrogen and oxygen atoms in total. The summed E-state index contributed by atoms with van der Waals surface area (Å²) in [6, 6.07) is 9.14. The summed E-state index contributed by atoms with van der Waals surface area (Å²) >= 11 is 3.51. The molecule has 1 aliphatic rings. The Balaban J connectivity index is 1.71. The van der Waals surface area contributed by atoms with E-state index in [0.29, 0.717) is 31.7 Å². The number of carbonyl (C=O) groups is 1. The Hall–Kier alpha value is -1.90. The first-order valence-electron chi connectivity index (χ1n) is 10.4. The number of hydrogen-bond acceptors (Lipinski definition) is 4. The van der Waals surface area contributed by atoms with Crippen LogP contribution in [0, 0.1) is 19.8 Å². The Morgan fingerprint density at radius 1 is 1.19 bits per heavy atom. The number of halogens is 1. The van der Waals surface area contributed by atoms with Gasteiger partial charge in [0.15, 0.2) is 0 Å². The van der Waals surface area contributed by atoms with Crippen LogP contribution in [-0.4, -0.2) is 38.8 Å². The van der Waals surface area contributed by atoms with Crippen molar-refractivity contribution in [3.8, 4) is 5.75 Å². The first-order chi connectivity index (χ1) is 14.7. The van der Waals surface area contributed by atoms with Crippen LogP contribution in [0.1, 0.15) is 36.5 Å². The second-order valence-electron chi connectivity index (χ2n) is 7.93. The van der Waals surface area contributed by atoms with Gasteiger partial charge in [-0.25, -0.2) is 8.42 Å². The van der Waals surface area contributed by atoms with E-state index in [-0.39, 0.29) is 16.7 Å². The number of hydrogen-bond donors (Lipinski definition) is 1. The van der Waals surface area contributed by atoms with Crippen molar-refractivity contribution >= 4 is 37.5 Å². The van der Waals surface area contributed by atoms with Crippen LogP contribution < -0.4 is 10.1 Å². The number of sulfonamides is 1. The molecule has 2 aromatic carbocycles. The lowest BCUT2D eigenvalue weighted by atomic mass is 9.96. The van der Waals surface area contributed by atoms with Gasteiger partial charge >= 0.3 is 0 Å². The molecule has 1 heterocycles. The molecule has 0 aliphatic carbocycles. The molecule has 1 N–H and O–H groups in total. The quantitative estimate of drug-likeness (QED) is 0.614. The minimum absolute atomic E-state index is 0.0506. The lowest BCUT2D eigenvalue weighted by Crippen LogP contribution is -2.41. The van der Waals surface area contributed by atoms with Gasteiger partial charge in [0, 0.05) is 29.2 Å². The number of aryl methyl sites for hydroxylation is 3. The van der Waals surface area contributed by atoms with Crippen molar-refractivity contribution < 1.29 is 17.9 Å². The Morgan fingerprint density at radius 2 is 1.87 bits per heavy atom. The Labute approximate surface area is 193 Å². The average molecular weight is 509 g/mol. The molecule has 0 unspecified atom stereocenters. The molecule has 0 saturated carbocycles. The lowest BCUT2D eigenvalue weighted by Gasteiger charge is -2.31. The summed E-state index contributed by atoms with van der Waals surface area (Å²) in [5.74, 6) is 0.0622. The molecule has 0 aromatic heterocycles. The van der Waals surface area contributed by atoms with Gasteiger partial charge in [-0.1, -0.05) is 28.9 Å². The van der Waals surface area contributed by atoms with Crippen molar-refractivity contribution in [2.24, 2.45) is 5.92 Å². The summed E-state index contributed by atoms with van der Waals surface area (Å²) in [7, 11) is -2.22. The maximum atomic E-state index is 13.2. The minimum atomic E-state index is -3.69. The van der Waals surface area contributed by atoms with Crippen LogP contribution in [0.25, 0.3) is 0 Å². The molecule has 1 saturated heterocycles. The number of rotatable bonds is 6. The highest BCUT2D eigenvalue weighted by atomic mass is 79.9. The highest BCUT2D eigenvalue weighted by Gasteiger charge is 2.34. The second kappa shape index (κ2) is 9.71. The zero-order valence-electron chi connectivity index (χ0n) is 18.4. The lowest BCUT2D eigenvalue weighted by molar-refractivity contribution is -0.120. The molecule has 31 heavy (non-hydrogen) atoms. The molecule has 0 atom stereocenters. The van der Waals surface area contributed by atoms with Crippen LogP contribution in [-0.2, 0) is 21.2 Å². The largest absolute Gasteiger partial charge is 0.495 e. The Kier molecular flexibility index (Phi) is 7.44. The topological polar surface area (TPSA) is 75.7 Å². The van der Waals surface area contributed by atoms with E-state index < -0.39 is 10.0 Å². The fourth-order valence-corrected chi connectivity index (χ4v) is 6.31. The first kappa shape index (κ1) is 23.8. The van der Waals surface area contributed by atoms with Crippen LogP contribution >= 0.6 is 15.9 Å². The average Bonchev–Trinajstić information content (AvgIpc) is 2.75. The third kappa shape index (κ3) is 5.13. The molecule has 3 rings (SSSR count). The SMILES string of the molecule is CCc1cc(Br)cc(C)c1NC(=O)C1CCN(S(=O)(=O)c2cc(C)ccc2OC)CC1. The van der Waals surface area contributed by atoms with E-state index in [1.807, 2.05) is 32.0 Å². The summed E-state index contributed by atoms with van der Waals surface area (Å²) < 4.78 is 34.1. The Morgan fingerprint density at radius 3 is 2.48 bits per heavy atom.